The molecule has 28 heavy (non-hydrogen) atoms. The minimum absolute atomic E-state index is 0.0312. The summed E-state index contributed by atoms with van der Waals surface area (Å²) in [6.45, 7) is 2.25. The molecule has 4 heterocycles. The fourth-order valence-electron chi connectivity index (χ4n) is 5.09. The molecule has 0 aliphatic carbocycles. The van der Waals surface area contributed by atoms with Crippen molar-refractivity contribution in [2.45, 2.75) is 30.8 Å². The van der Waals surface area contributed by atoms with Crippen molar-refractivity contribution < 1.29 is 19.0 Å². The van der Waals surface area contributed by atoms with Gasteiger partial charge in [-0.15, -0.1) is 0 Å². The topological polar surface area (TPSA) is 48.0 Å². The average molecular weight is 398 g/mol. The maximum absolute atomic E-state index is 13.9. The van der Waals surface area contributed by atoms with Crippen molar-refractivity contribution in [1.29, 1.82) is 0 Å². The third kappa shape index (κ3) is 2.09. The molecule has 0 bridgehead atoms. The second-order valence-electron chi connectivity index (χ2n) is 7.93. The summed E-state index contributed by atoms with van der Waals surface area (Å²) >= 11 is 6.68. The van der Waals surface area contributed by atoms with Crippen molar-refractivity contribution in [2.24, 2.45) is 0 Å². The lowest BCUT2D eigenvalue weighted by Gasteiger charge is -2.25. The van der Waals surface area contributed by atoms with Crippen LogP contribution in [-0.4, -0.2) is 38.4 Å². The number of rotatable bonds is 2. The van der Waals surface area contributed by atoms with Crippen LogP contribution in [0.15, 0.2) is 30.3 Å². The van der Waals surface area contributed by atoms with Crippen LogP contribution in [0.1, 0.15) is 29.5 Å². The van der Waals surface area contributed by atoms with Crippen molar-refractivity contribution in [3.05, 3.63) is 52.0 Å². The summed E-state index contributed by atoms with van der Waals surface area (Å²) in [5, 5.41) is 0.605. The van der Waals surface area contributed by atoms with E-state index in [0.29, 0.717) is 18.2 Å². The molecule has 1 amide bonds. The summed E-state index contributed by atoms with van der Waals surface area (Å²) in [5.74, 6) is 1.61. The van der Waals surface area contributed by atoms with Crippen LogP contribution in [0, 0.1) is 0 Å². The van der Waals surface area contributed by atoms with E-state index in [-0.39, 0.29) is 18.6 Å². The van der Waals surface area contributed by atoms with Crippen LogP contribution in [0.5, 0.6) is 11.5 Å². The number of hydrogen-bond acceptors (Lipinski definition) is 4. The largest absolute Gasteiger partial charge is 0.493 e. The second kappa shape index (κ2) is 5.88. The van der Waals surface area contributed by atoms with Gasteiger partial charge in [-0.3, -0.25) is 4.79 Å². The van der Waals surface area contributed by atoms with Gasteiger partial charge in [0.15, 0.2) is 0 Å². The molecule has 0 aromatic heterocycles. The lowest BCUT2D eigenvalue weighted by Crippen LogP contribution is -2.45. The number of hydrogen-bond donors (Lipinski definition) is 0. The lowest BCUT2D eigenvalue weighted by atomic mass is 9.76. The molecule has 2 atom stereocenters. The first-order chi connectivity index (χ1) is 13.7. The zero-order chi connectivity index (χ0) is 18.9. The highest BCUT2D eigenvalue weighted by molar-refractivity contribution is 6.33. The standard InChI is InChI=1S/C22H20ClNO4/c23-16-4-1-5-17-20(16)22(21(25)24(17)11-14-3-2-7-26-14)12-28-19-10-18-13(6-8-27-18)9-15(19)22/h1,4-5,9-10,14H,2-3,6-8,11-12H2/t14-,22?/m1/s1. The Morgan fingerprint density at radius 2 is 2.11 bits per heavy atom. The molecule has 1 saturated heterocycles. The number of carbonyl (C=O) groups is 1. The Hall–Kier alpha value is -2.24. The SMILES string of the molecule is O=C1N(C[C@H]2CCCO2)c2cccc(Cl)c2C12COc1cc3c(cc12)CCO3. The van der Waals surface area contributed by atoms with Gasteiger partial charge in [0, 0.05) is 35.2 Å². The third-order valence-corrected chi connectivity index (χ3v) is 6.74. The summed E-state index contributed by atoms with van der Waals surface area (Å²) in [7, 11) is 0. The molecule has 0 saturated carbocycles. The molecule has 0 N–H and O–H groups in total. The van der Waals surface area contributed by atoms with E-state index in [1.54, 1.807) is 0 Å². The van der Waals surface area contributed by atoms with E-state index >= 15 is 0 Å². The molecule has 2 aromatic carbocycles. The molecule has 0 radical (unpaired) electrons. The van der Waals surface area contributed by atoms with E-state index in [0.717, 1.165) is 59.7 Å². The highest BCUT2D eigenvalue weighted by Crippen LogP contribution is 2.55. The van der Waals surface area contributed by atoms with Gasteiger partial charge in [-0.25, -0.2) is 0 Å². The molecule has 4 aliphatic rings. The number of carbonyl (C=O) groups excluding carboxylic acids is 1. The van der Waals surface area contributed by atoms with E-state index in [9.17, 15) is 4.79 Å². The fourth-order valence-corrected chi connectivity index (χ4v) is 5.42. The number of ether oxygens (including phenoxy) is 3. The number of amides is 1. The maximum atomic E-state index is 13.9. The smallest absolute Gasteiger partial charge is 0.246 e. The quantitative estimate of drug-likeness (QED) is 0.778. The molecule has 4 aliphatic heterocycles. The van der Waals surface area contributed by atoms with Gasteiger partial charge in [0.2, 0.25) is 5.91 Å². The summed E-state index contributed by atoms with van der Waals surface area (Å²) < 4.78 is 17.5. The molecule has 1 unspecified atom stereocenters. The summed E-state index contributed by atoms with van der Waals surface area (Å²) in [6, 6.07) is 9.77. The first-order valence-corrected chi connectivity index (χ1v) is 10.2. The maximum Gasteiger partial charge on any atom is 0.246 e. The van der Waals surface area contributed by atoms with Crippen molar-refractivity contribution in [3.8, 4) is 11.5 Å². The van der Waals surface area contributed by atoms with Crippen LogP contribution >= 0.6 is 11.6 Å². The van der Waals surface area contributed by atoms with Crippen LogP contribution in [-0.2, 0) is 21.4 Å². The minimum atomic E-state index is -0.890. The van der Waals surface area contributed by atoms with E-state index in [2.05, 4.69) is 6.07 Å². The minimum Gasteiger partial charge on any atom is -0.493 e. The Kier molecular flexibility index (Phi) is 3.50. The van der Waals surface area contributed by atoms with Gasteiger partial charge in [0.05, 0.1) is 24.9 Å². The van der Waals surface area contributed by atoms with Gasteiger partial charge in [-0.1, -0.05) is 17.7 Å². The van der Waals surface area contributed by atoms with Gasteiger partial charge in [-0.2, -0.15) is 0 Å². The van der Waals surface area contributed by atoms with E-state index < -0.39 is 5.41 Å². The molecule has 6 rings (SSSR count). The third-order valence-electron chi connectivity index (χ3n) is 6.43. The Labute approximate surface area is 168 Å². The average Bonchev–Trinajstić information content (AvgIpc) is 3.46. The molecule has 5 nitrogen and oxygen atoms in total. The van der Waals surface area contributed by atoms with Crippen molar-refractivity contribution in [1.82, 2.24) is 0 Å². The second-order valence-corrected chi connectivity index (χ2v) is 8.34. The predicted octanol–water partition coefficient (Wildman–Crippen LogP) is 3.48. The highest BCUT2D eigenvalue weighted by atomic mass is 35.5. The molecular formula is C22H20ClNO4. The van der Waals surface area contributed by atoms with Crippen LogP contribution in [0.25, 0.3) is 0 Å². The lowest BCUT2D eigenvalue weighted by molar-refractivity contribution is -0.122. The summed E-state index contributed by atoms with van der Waals surface area (Å²) in [4.78, 5) is 15.8. The van der Waals surface area contributed by atoms with E-state index in [4.69, 9.17) is 25.8 Å². The van der Waals surface area contributed by atoms with Gasteiger partial charge >= 0.3 is 0 Å². The summed E-state index contributed by atoms with van der Waals surface area (Å²) in [5.41, 5.74) is 2.88. The van der Waals surface area contributed by atoms with Crippen LogP contribution in [0.2, 0.25) is 5.02 Å². The Balaban J connectivity index is 1.53. The van der Waals surface area contributed by atoms with Crippen molar-refractivity contribution in [2.75, 3.05) is 31.3 Å². The van der Waals surface area contributed by atoms with Gasteiger partial charge < -0.3 is 19.1 Å². The van der Waals surface area contributed by atoms with Gasteiger partial charge in [-0.05, 0) is 36.6 Å². The number of benzene rings is 2. The van der Waals surface area contributed by atoms with E-state index in [1.807, 2.05) is 29.2 Å². The molecular weight excluding hydrogens is 378 g/mol. The number of nitrogens with zero attached hydrogens (tertiary/aromatic N) is 1. The van der Waals surface area contributed by atoms with Crippen molar-refractivity contribution in [3.63, 3.8) is 0 Å². The first kappa shape index (κ1) is 16.7. The molecule has 2 aromatic rings. The number of fused-ring (bicyclic) bond motifs is 5. The van der Waals surface area contributed by atoms with Crippen LogP contribution in [0.3, 0.4) is 0 Å². The van der Waals surface area contributed by atoms with Gasteiger partial charge in [0.25, 0.3) is 0 Å². The zero-order valence-electron chi connectivity index (χ0n) is 15.4. The molecule has 6 heteroatoms. The molecule has 1 fully saturated rings. The number of halogens is 1. The predicted molar refractivity (Wildman–Crippen MR) is 105 cm³/mol. The highest BCUT2D eigenvalue weighted by Gasteiger charge is 2.58. The van der Waals surface area contributed by atoms with E-state index in [1.165, 1.54) is 0 Å². The Morgan fingerprint density at radius 3 is 2.96 bits per heavy atom. The molecule has 144 valence electrons. The Morgan fingerprint density at radius 1 is 1.18 bits per heavy atom. The van der Waals surface area contributed by atoms with Gasteiger partial charge in [0.1, 0.15) is 23.5 Å². The Bertz CT molecular complexity index is 1000. The zero-order valence-corrected chi connectivity index (χ0v) is 16.1. The summed E-state index contributed by atoms with van der Waals surface area (Å²) in [6.07, 6.45) is 2.94. The monoisotopic (exact) mass is 397 g/mol. The fraction of sp³-hybridized carbons (Fsp3) is 0.409. The number of anilines is 1. The first-order valence-electron chi connectivity index (χ1n) is 9.84. The van der Waals surface area contributed by atoms with Crippen molar-refractivity contribution >= 4 is 23.2 Å². The molecule has 1 spiro atoms. The van der Waals surface area contributed by atoms with Crippen LogP contribution in [0.4, 0.5) is 5.69 Å². The normalized spacial score (nSPS) is 27.0. The van der Waals surface area contributed by atoms with Crippen LogP contribution < -0.4 is 14.4 Å².